The van der Waals surface area contributed by atoms with Gasteiger partial charge in [0.2, 0.25) is 0 Å². The highest BCUT2D eigenvalue weighted by molar-refractivity contribution is 5.83. The fourth-order valence-corrected chi connectivity index (χ4v) is 4.01. The highest BCUT2D eigenvalue weighted by Gasteiger charge is 2.21. The summed E-state index contributed by atoms with van der Waals surface area (Å²) in [4.78, 5) is 11.2. The molecule has 0 unspecified atom stereocenters. The van der Waals surface area contributed by atoms with Gasteiger partial charge in [0.05, 0.1) is 0 Å². The molecule has 0 spiro atoms. The average Bonchev–Trinajstić information content (AvgIpc) is 2.74. The van der Waals surface area contributed by atoms with Gasteiger partial charge in [-0.1, -0.05) is 50.6 Å². The molecule has 3 heteroatoms. The highest BCUT2D eigenvalue weighted by atomic mass is 16.5. The number of hydrogen-bond acceptors (Lipinski definition) is 3. The van der Waals surface area contributed by atoms with E-state index in [1.54, 1.807) is 12.1 Å². The summed E-state index contributed by atoms with van der Waals surface area (Å²) in [7, 11) is 0. The van der Waals surface area contributed by atoms with E-state index >= 15 is 0 Å². The number of benzene rings is 2. The van der Waals surface area contributed by atoms with Gasteiger partial charge in [0.15, 0.2) is 0 Å². The molecule has 0 N–H and O–H groups in total. The van der Waals surface area contributed by atoms with Gasteiger partial charge in [0.1, 0.15) is 18.1 Å². The third-order valence-electron chi connectivity index (χ3n) is 5.61. The topological polar surface area (TPSA) is 35.5 Å². The largest absolute Gasteiger partial charge is 0.489 e. The molecule has 0 saturated heterocycles. The predicted octanol–water partition coefficient (Wildman–Crippen LogP) is 6.43. The zero-order valence-electron chi connectivity index (χ0n) is 16.7. The van der Waals surface area contributed by atoms with Crippen LogP contribution in [0.2, 0.25) is 0 Å². The molecule has 148 valence electrons. The van der Waals surface area contributed by atoms with Crippen LogP contribution in [0.3, 0.4) is 0 Å². The van der Waals surface area contributed by atoms with E-state index in [0.29, 0.717) is 18.3 Å². The van der Waals surface area contributed by atoms with Gasteiger partial charge in [-0.2, -0.15) is 0 Å². The zero-order chi connectivity index (χ0) is 19.8. The minimum Gasteiger partial charge on any atom is -0.489 e. The molecule has 0 aliphatic heterocycles. The molecule has 1 saturated carbocycles. The van der Waals surface area contributed by atoms with Gasteiger partial charge in [-0.05, 0) is 72.9 Å². The third kappa shape index (κ3) is 5.72. The first-order valence-corrected chi connectivity index (χ1v) is 10.3. The molecule has 0 radical (unpaired) electrons. The van der Waals surface area contributed by atoms with E-state index in [2.05, 4.69) is 37.8 Å². The number of ether oxygens (including phenoxy) is 2. The first-order valence-electron chi connectivity index (χ1n) is 10.3. The van der Waals surface area contributed by atoms with Crippen LogP contribution in [0.1, 0.15) is 62.5 Å². The summed E-state index contributed by atoms with van der Waals surface area (Å²) in [6, 6.07) is 15.9. The van der Waals surface area contributed by atoms with Crippen LogP contribution in [0, 0.1) is 5.92 Å². The van der Waals surface area contributed by atoms with Crippen LogP contribution < -0.4 is 9.47 Å². The van der Waals surface area contributed by atoms with E-state index in [1.807, 2.05) is 12.1 Å². The molecule has 2 aromatic rings. The second-order valence-corrected chi connectivity index (χ2v) is 7.63. The summed E-state index contributed by atoms with van der Waals surface area (Å²) in [5.74, 6) is 2.57. The smallest absolute Gasteiger partial charge is 0.335 e. The molecular weight excluding hydrogens is 348 g/mol. The van der Waals surface area contributed by atoms with E-state index in [0.717, 1.165) is 23.3 Å². The molecule has 0 aromatic heterocycles. The Bertz CT molecular complexity index is 753. The maximum atomic E-state index is 11.2. The van der Waals surface area contributed by atoms with Crippen molar-refractivity contribution in [2.45, 2.75) is 58.0 Å². The van der Waals surface area contributed by atoms with Crippen LogP contribution in [-0.4, -0.2) is 5.97 Å². The van der Waals surface area contributed by atoms with Crippen molar-refractivity contribution in [3.05, 3.63) is 72.3 Å². The SMILES string of the molecule is C=CC(=O)Oc1ccc(COc2ccc(C3CCC(CCC)CC3)cc2)cc1. The molecule has 0 bridgehead atoms. The lowest BCUT2D eigenvalue weighted by atomic mass is 9.77. The van der Waals surface area contributed by atoms with Crippen molar-refractivity contribution in [2.24, 2.45) is 5.92 Å². The molecular formula is C25H30O3. The standard InChI is InChI=1S/C25H30O3/c1-3-5-19-6-10-21(11-7-19)22-12-16-23(17-13-22)27-18-20-8-14-24(15-9-20)28-25(26)4-2/h4,8-9,12-17,19,21H,2-3,5-7,10-11,18H2,1H3. The Hall–Kier alpha value is -2.55. The quantitative estimate of drug-likeness (QED) is 0.302. The minimum atomic E-state index is -0.456. The summed E-state index contributed by atoms with van der Waals surface area (Å²) < 4.78 is 11.0. The fraction of sp³-hybridized carbons (Fsp3) is 0.400. The number of rotatable bonds is 8. The number of hydrogen-bond donors (Lipinski definition) is 0. The Labute approximate surface area is 168 Å². The minimum absolute atomic E-state index is 0.456. The van der Waals surface area contributed by atoms with Crippen LogP contribution in [0.15, 0.2) is 61.2 Å². The number of esters is 1. The number of carbonyl (C=O) groups excluding carboxylic acids is 1. The van der Waals surface area contributed by atoms with E-state index in [-0.39, 0.29) is 0 Å². The van der Waals surface area contributed by atoms with E-state index in [4.69, 9.17) is 9.47 Å². The normalized spacial score (nSPS) is 19.0. The van der Waals surface area contributed by atoms with Crippen molar-refractivity contribution < 1.29 is 14.3 Å². The molecule has 2 aromatic carbocycles. The van der Waals surface area contributed by atoms with Crippen LogP contribution in [0.5, 0.6) is 11.5 Å². The molecule has 1 aliphatic carbocycles. The third-order valence-corrected chi connectivity index (χ3v) is 5.61. The summed E-state index contributed by atoms with van der Waals surface area (Å²) in [5, 5.41) is 0. The van der Waals surface area contributed by atoms with Gasteiger partial charge in [0.25, 0.3) is 0 Å². The Morgan fingerprint density at radius 2 is 1.64 bits per heavy atom. The van der Waals surface area contributed by atoms with Crippen molar-refractivity contribution in [1.29, 1.82) is 0 Å². The van der Waals surface area contributed by atoms with Crippen LogP contribution in [0.25, 0.3) is 0 Å². The molecule has 28 heavy (non-hydrogen) atoms. The maximum Gasteiger partial charge on any atom is 0.335 e. The van der Waals surface area contributed by atoms with Crippen molar-refractivity contribution in [3.8, 4) is 11.5 Å². The van der Waals surface area contributed by atoms with Crippen molar-refractivity contribution in [2.75, 3.05) is 0 Å². The van der Waals surface area contributed by atoms with Gasteiger partial charge >= 0.3 is 5.97 Å². The lowest BCUT2D eigenvalue weighted by Gasteiger charge is -2.28. The Morgan fingerprint density at radius 1 is 1.00 bits per heavy atom. The Morgan fingerprint density at radius 3 is 2.25 bits per heavy atom. The van der Waals surface area contributed by atoms with Gasteiger partial charge < -0.3 is 9.47 Å². The van der Waals surface area contributed by atoms with Gasteiger partial charge in [-0.3, -0.25) is 0 Å². The molecule has 3 nitrogen and oxygen atoms in total. The predicted molar refractivity (Wildman–Crippen MR) is 113 cm³/mol. The molecule has 0 amide bonds. The van der Waals surface area contributed by atoms with Gasteiger partial charge in [0, 0.05) is 6.08 Å². The maximum absolute atomic E-state index is 11.2. The highest BCUT2D eigenvalue weighted by Crippen LogP contribution is 2.37. The first-order chi connectivity index (χ1) is 13.7. The van der Waals surface area contributed by atoms with Crippen LogP contribution >= 0.6 is 0 Å². The van der Waals surface area contributed by atoms with Crippen LogP contribution in [0.4, 0.5) is 0 Å². The van der Waals surface area contributed by atoms with Crippen LogP contribution in [-0.2, 0) is 11.4 Å². The lowest BCUT2D eigenvalue weighted by Crippen LogP contribution is -2.13. The second-order valence-electron chi connectivity index (χ2n) is 7.63. The number of carbonyl (C=O) groups is 1. The molecule has 0 heterocycles. The molecule has 0 atom stereocenters. The van der Waals surface area contributed by atoms with Gasteiger partial charge in [-0.25, -0.2) is 4.79 Å². The van der Waals surface area contributed by atoms with Crippen molar-refractivity contribution >= 4 is 5.97 Å². The van der Waals surface area contributed by atoms with Crippen molar-refractivity contribution in [1.82, 2.24) is 0 Å². The Balaban J connectivity index is 1.48. The Kier molecular flexibility index (Phi) is 7.30. The average molecular weight is 379 g/mol. The monoisotopic (exact) mass is 378 g/mol. The van der Waals surface area contributed by atoms with E-state index < -0.39 is 5.97 Å². The first kappa shape index (κ1) is 20.2. The summed E-state index contributed by atoms with van der Waals surface area (Å²) in [5.41, 5.74) is 2.47. The van der Waals surface area contributed by atoms with E-state index in [1.165, 1.54) is 44.1 Å². The van der Waals surface area contributed by atoms with E-state index in [9.17, 15) is 4.79 Å². The summed E-state index contributed by atoms with van der Waals surface area (Å²) in [6.45, 7) is 6.16. The molecule has 1 aliphatic rings. The summed E-state index contributed by atoms with van der Waals surface area (Å²) in [6.07, 6.45) is 9.21. The lowest BCUT2D eigenvalue weighted by molar-refractivity contribution is -0.128. The second kappa shape index (κ2) is 10.1. The summed E-state index contributed by atoms with van der Waals surface area (Å²) >= 11 is 0. The van der Waals surface area contributed by atoms with Crippen molar-refractivity contribution in [3.63, 3.8) is 0 Å². The van der Waals surface area contributed by atoms with Gasteiger partial charge in [-0.15, -0.1) is 0 Å². The zero-order valence-corrected chi connectivity index (χ0v) is 16.7. The fourth-order valence-electron chi connectivity index (χ4n) is 4.01. The molecule has 3 rings (SSSR count). The molecule has 1 fully saturated rings.